The zero-order chi connectivity index (χ0) is 20.3. The highest BCUT2D eigenvalue weighted by Gasteiger charge is 2.45. The predicted octanol–water partition coefficient (Wildman–Crippen LogP) is 6.69. The molecule has 2 aliphatic heterocycles. The molecule has 0 N–H and O–H groups in total. The van der Waals surface area contributed by atoms with Crippen LogP contribution in [0.1, 0.15) is 89.9 Å². The fraction of sp³-hybridized carbons (Fsp3) is 1.00. The molecule has 2 heterocycles. The smallest absolute Gasteiger partial charge is 0.340 e. The molecule has 2 atom stereocenters. The standard InChI is InChI=1S/C22H46O4Si2/c1-23-27(24-2)19-13-7-11-17-21(27)15-9-5-6-10-16-22-18-12-8-14-20-28(22,25-3)26-4/h21-22H,5-20H2,1-4H3. The Morgan fingerprint density at radius 2 is 0.929 bits per heavy atom. The molecule has 2 unspecified atom stereocenters. The molecule has 0 aromatic carbocycles. The lowest BCUT2D eigenvalue weighted by atomic mass is 10.0. The fourth-order valence-corrected chi connectivity index (χ4v) is 13.2. The highest BCUT2D eigenvalue weighted by atomic mass is 28.4. The first-order valence-electron chi connectivity index (χ1n) is 11.9. The van der Waals surface area contributed by atoms with Gasteiger partial charge in [0.2, 0.25) is 0 Å². The van der Waals surface area contributed by atoms with E-state index in [1.807, 2.05) is 28.4 Å². The van der Waals surface area contributed by atoms with Gasteiger partial charge in [-0.25, -0.2) is 0 Å². The maximum Gasteiger partial charge on any atom is 0.340 e. The second-order valence-electron chi connectivity index (χ2n) is 9.02. The highest BCUT2D eigenvalue weighted by molar-refractivity contribution is 6.69. The summed E-state index contributed by atoms with van der Waals surface area (Å²) in [6.07, 6.45) is 18.5. The minimum atomic E-state index is -1.97. The van der Waals surface area contributed by atoms with E-state index in [4.69, 9.17) is 17.7 Å². The third kappa shape index (κ3) is 6.38. The van der Waals surface area contributed by atoms with Crippen molar-refractivity contribution in [3.8, 4) is 0 Å². The molecule has 2 fully saturated rings. The zero-order valence-electron chi connectivity index (χ0n) is 19.1. The molecule has 0 spiro atoms. The summed E-state index contributed by atoms with van der Waals surface area (Å²) in [5, 5.41) is 0. The van der Waals surface area contributed by atoms with Crippen LogP contribution < -0.4 is 0 Å². The molecule has 0 bridgehead atoms. The second-order valence-corrected chi connectivity index (χ2v) is 16.5. The maximum absolute atomic E-state index is 6.03. The lowest BCUT2D eigenvalue weighted by Gasteiger charge is -2.34. The van der Waals surface area contributed by atoms with Gasteiger partial charge < -0.3 is 17.7 Å². The van der Waals surface area contributed by atoms with Crippen LogP contribution in [0.25, 0.3) is 0 Å². The summed E-state index contributed by atoms with van der Waals surface area (Å²) in [6, 6.07) is 2.38. The van der Waals surface area contributed by atoms with Crippen molar-refractivity contribution in [1.29, 1.82) is 0 Å². The van der Waals surface area contributed by atoms with Crippen molar-refractivity contribution >= 4 is 17.1 Å². The Balaban J connectivity index is 1.73. The van der Waals surface area contributed by atoms with Crippen LogP contribution in [0, 0.1) is 0 Å². The van der Waals surface area contributed by atoms with Crippen LogP contribution in [0.5, 0.6) is 0 Å². The molecule has 6 heteroatoms. The van der Waals surface area contributed by atoms with E-state index >= 15 is 0 Å². The number of hydrogen-bond donors (Lipinski definition) is 0. The molecule has 4 nitrogen and oxygen atoms in total. The summed E-state index contributed by atoms with van der Waals surface area (Å²) >= 11 is 0. The third-order valence-electron chi connectivity index (χ3n) is 7.64. The van der Waals surface area contributed by atoms with Crippen molar-refractivity contribution < 1.29 is 17.7 Å². The average Bonchev–Trinajstić information content (AvgIpc) is 3.07. The van der Waals surface area contributed by atoms with Crippen molar-refractivity contribution in [2.45, 2.75) is 113 Å². The van der Waals surface area contributed by atoms with Gasteiger partial charge >= 0.3 is 17.1 Å². The van der Waals surface area contributed by atoms with Crippen LogP contribution in [0.3, 0.4) is 0 Å². The van der Waals surface area contributed by atoms with Gasteiger partial charge in [-0.3, -0.25) is 0 Å². The van der Waals surface area contributed by atoms with E-state index in [9.17, 15) is 0 Å². The molecule has 0 radical (unpaired) electrons. The van der Waals surface area contributed by atoms with E-state index in [1.54, 1.807) is 0 Å². The lowest BCUT2D eigenvalue weighted by molar-refractivity contribution is 0.223. The third-order valence-corrected chi connectivity index (χ3v) is 16.1. The molecule has 2 saturated heterocycles. The molecule has 166 valence electrons. The van der Waals surface area contributed by atoms with Gasteiger partial charge in [0.05, 0.1) is 0 Å². The minimum absolute atomic E-state index is 0.689. The van der Waals surface area contributed by atoms with Gasteiger partial charge in [0.25, 0.3) is 0 Å². The minimum Gasteiger partial charge on any atom is -0.397 e. The molecule has 0 saturated carbocycles. The van der Waals surface area contributed by atoms with Crippen molar-refractivity contribution in [2.24, 2.45) is 0 Å². The van der Waals surface area contributed by atoms with Crippen LogP contribution in [-0.4, -0.2) is 45.6 Å². The van der Waals surface area contributed by atoms with E-state index in [-0.39, 0.29) is 0 Å². The van der Waals surface area contributed by atoms with Gasteiger partial charge in [0.1, 0.15) is 0 Å². The molecule has 0 aromatic heterocycles. The fourth-order valence-electron chi connectivity index (χ4n) is 5.83. The first-order valence-corrected chi connectivity index (χ1v) is 16.1. The van der Waals surface area contributed by atoms with Crippen LogP contribution in [-0.2, 0) is 17.7 Å². The van der Waals surface area contributed by atoms with Gasteiger partial charge in [-0.2, -0.15) is 0 Å². The van der Waals surface area contributed by atoms with Crippen LogP contribution >= 0.6 is 0 Å². The van der Waals surface area contributed by atoms with Crippen molar-refractivity contribution in [1.82, 2.24) is 0 Å². The van der Waals surface area contributed by atoms with E-state index in [1.165, 1.54) is 102 Å². The number of rotatable bonds is 11. The van der Waals surface area contributed by atoms with Crippen molar-refractivity contribution in [3.05, 3.63) is 0 Å². The van der Waals surface area contributed by atoms with Gasteiger partial charge in [0.15, 0.2) is 0 Å². The monoisotopic (exact) mass is 430 g/mol. The summed E-state index contributed by atoms with van der Waals surface area (Å²) in [4.78, 5) is 0. The van der Waals surface area contributed by atoms with Crippen LogP contribution in [0.4, 0.5) is 0 Å². The zero-order valence-corrected chi connectivity index (χ0v) is 21.1. The first-order chi connectivity index (χ1) is 13.7. The molecular weight excluding hydrogens is 384 g/mol. The molecule has 0 aliphatic carbocycles. The molecule has 0 amide bonds. The molecule has 0 aromatic rings. The Bertz CT molecular complexity index is 375. The maximum atomic E-state index is 6.03. The SMILES string of the molecule is CO[Si]1(OC)CCCCCC1CCCCCCC1CCCCC[Si]1(OC)OC. The number of unbranched alkanes of at least 4 members (excludes halogenated alkanes) is 3. The second kappa shape index (κ2) is 12.9. The normalized spacial score (nSPS) is 27.9. The largest absolute Gasteiger partial charge is 0.397 e. The van der Waals surface area contributed by atoms with Gasteiger partial charge in [-0.1, -0.05) is 64.2 Å². The Morgan fingerprint density at radius 1 is 0.536 bits per heavy atom. The van der Waals surface area contributed by atoms with E-state index < -0.39 is 17.1 Å². The number of hydrogen-bond acceptors (Lipinski definition) is 4. The quantitative estimate of drug-likeness (QED) is 0.270. The summed E-state index contributed by atoms with van der Waals surface area (Å²) in [7, 11) is 3.63. The summed E-state index contributed by atoms with van der Waals surface area (Å²) in [5.41, 5.74) is 1.38. The average molecular weight is 431 g/mol. The van der Waals surface area contributed by atoms with E-state index in [0.717, 1.165) is 0 Å². The van der Waals surface area contributed by atoms with Crippen LogP contribution in [0.15, 0.2) is 0 Å². The predicted molar refractivity (Wildman–Crippen MR) is 121 cm³/mol. The van der Waals surface area contributed by atoms with E-state index in [2.05, 4.69) is 0 Å². The molecular formula is C22H46O4Si2. The Labute approximate surface area is 176 Å². The summed E-state index contributed by atoms with van der Waals surface area (Å²) < 4.78 is 24.1. The van der Waals surface area contributed by atoms with Crippen molar-refractivity contribution in [2.75, 3.05) is 28.4 Å². The summed E-state index contributed by atoms with van der Waals surface area (Å²) in [6.45, 7) is 0. The van der Waals surface area contributed by atoms with Gasteiger partial charge in [-0.15, -0.1) is 0 Å². The molecule has 2 rings (SSSR count). The van der Waals surface area contributed by atoms with Gasteiger partial charge in [0, 0.05) is 39.5 Å². The van der Waals surface area contributed by atoms with Gasteiger partial charge in [-0.05, 0) is 37.8 Å². The Morgan fingerprint density at radius 3 is 1.29 bits per heavy atom. The molecule has 2 aliphatic rings. The lowest BCUT2D eigenvalue weighted by Crippen LogP contribution is -2.44. The topological polar surface area (TPSA) is 36.9 Å². The Hall–Kier alpha value is 0.274. The highest BCUT2D eigenvalue weighted by Crippen LogP contribution is 2.42. The van der Waals surface area contributed by atoms with Crippen molar-refractivity contribution in [3.63, 3.8) is 0 Å². The first kappa shape index (κ1) is 24.5. The summed E-state index contributed by atoms with van der Waals surface area (Å²) in [5.74, 6) is 0. The van der Waals surface area contributed by atoms with Crippen LogP contribution in [0.2, 0.25) is 23.2 Å². The Kier molecular flexibility index (Phi) is 11.3. The van der Waals surface area contributed by atoms with E-state index in [0.29, 0.717) is 11.1 Å². The molecule has 28 heavy (non-hydrogen) atoms.